The van der Waals surface area contributed by atoms with Gasteiger partial charge in [-0.1, -0.05) is 54.6 Å². The summed E-state index contributed by atoms with van der Waals surface area (Å²) in [6.07, 6.45) is 0.583. The minimum Gasteiger partial charge on any atom is -0.365 e. The van der Waals surface area contributed by atoms with Gasteiger partial charge in [-0.05, 0) is 5.56 Å². The summed E-state index contributed by atoms with van der Waals surface area (Å²) in [4.78, 5) is 17.2. The van der Waals surface area contributed by atoms with Crippen LogP contribution < -0.4 is 5.32 Å². The van der Waals surface area contributed by atoms with Crippen molar-refractivity contribution < 1.29 is 4.79 Å². The number of nitrogens with zero attached hydrogens (tertiary/aromatic N) is 1. The number of hydrogen-bond acceptors (Lipinski definition) is 3. The summed E-state index contributed by atoms with van der Waals surface area (Å²) in [6.45, 7) is 0.505. The van der Waals surface area contributed by atoms with Crippen LogP contribution in [-0.2, 0) is 0 Å². The summed E-state index contributed by atoms with van der Waals surface area (Å²) in [5.74, 6) is 0.124. The molecule has 21 heavy (non-hydrogen) atoms. The van der Waals surface area contributed by atoms with E-state index in [2.05, 4.69) is 10.3 Å². The SMILES string of the molecule is O=C1C2=C(NCN=C(c3ccccc3)C2)c2ccccc21. The molecule has 1 heterocycles. The summed E-state index contributed by atoms with van der Waals surface area (Å²) in [5, 5.41) is 3.30. The fourth-order valence-electron chi connectivity index (χ4n) is 2.97. The van der Waals surface area contributed by atoms with Crippen molar-refractivity contribution in [2.45, 2.75) is 6.42 Å². The van der Waals surface area contributed by atoms with Gasteiger partial charge < -0.3 is 5.32 Å². The van der Waals surface area contributed by atoms with E-state index in [-0.39, 0.29) is 5.78 Å². The number of aliphatic imine (C=N–C) groups is 1. The highest BCUT2D eigenvalue weighted by molar-refractivity contribution is 6.23. The average Bonchev–Trinajstić information content (AvgIpc) is 2.70. The lowest BCUT2D eigenvalue weighted by Gasteiger charge is -2.05. The molecule has 3 heteroatoms. The molecule has 0 unspecified atom stereocenters. The lowest BCUT2D eigenvalue weighted by atomic mass is 10.00. The second-order valence-electron chi connectivity index (χ2n) is 5.21. The molecule has 1 aliphatic heterocycles. The number of carbonyl (C=O) groups excluding carboxylic acids is 1. The van der Waals surface area contributed by atoms with E-state index < -0.39 is 0 Å². The van der Waals surface area contributed by atoms with Crippen molar-refractivity contribution in [1.82, 2.24) is 5.32 Å². The zero-order valence-electron chi connectivity index (χ0n) is 11.5. The summed E-state index contributed by atoms with van der Waals surface area (Å²) >= 11 is 0. The molecule has 2 aromatic carbocycles. The highest BCUT2D eigenvalue weighted by atomic mass is 16.1. The van der Waals surface area contributed by atoms with Crippen LogP contribution in [0, 0.1) is 0 Å². The number of rotatable bonds is 1. The van der Waals surface area contributed by atoms with Crippen LogP contribution in [0.4, 0.5) is 0 Å². The summed E-state index contributed by atoms with van der Waals surface area (Å²) in [7, 11) is 0. The van der Waals surface area contributed by atoms with E-state index in [4.69, 9.17) is 0 Å². The van der Waals surface area contributed by atoms with Gasteiger partial charge in [0, 0.05) is 28.8 Å². The number of ketones is 1. The maximum absolute atomic E-state index is 12.6. The third kappa shape index (κ3) is 1.89. The first-order valence-electron chi connectivity index (χ1n) is 7.04. The summed E-state index contributed by atoms with van der Waals surface area (Å²) in [6, 6.07) is 17.8. The summed E-state index contributed by atoms with van der Waals surface area (Å²) in [5.41, 5.74) is 5.62. The van der Waals surface area contributed by atoms with Crippen LogP contribution in [0.5, 0.6) is 0 Å². The molecule has 1 aliphatic carbocycles. The Balaban J connectivity index is 1.77. The Bertz CT molecular complexity index is 788. The van der Waals surface area contributed by atoms with Crippen molar-refractivity contribution in [2.24, 2.45) is 4.99 Å². The van der Waals surface area contributed by atoms with Gasteiger partial charge in [0.2, 0.25) is 0 Å². The molecular formula is C18H14N2O. The van der Waals surface area contributed by atoms with Crippen LogP contribution in [0.2, 0.25) is 0 Å². The Hall–Kier alpha value is -2.68. The van der Waals surface area contributed by atoms with E-state index in [0.717, 1.165) is 33.7 Å². The molecule has 0 amide bonds. The van der Waals surface area contributed by atoms with Gasteiger partial charge in [-0.15, -0.1) is 0 Å². The van der Waals surface area contributed by atoms with Crippen molar-refractivity contribution in [3.63, 3.8) is 0 Å². The fraction of sp³-hybridized carbons (Fsp3) is 0.111. The fourth-order valence-corrected chi connectivity index (χ4v) is 2.97. The molecule has 0 radical (unpaired) electrons. The highest BCUT2D eigenvalue weighted by Crippen LogP contribution is 2.34. The van der Waals surface area contributed by atoms with Crippen molar-refractivity contribution in [2.75, 3.05) is 6.67 Å². The van der Waals surface area contributed by atoms with E-state index in [0.29, 0.717) is 13.1 Å². The van der Waals surface area contributed by atoms with Gasteiger partial charge in [0.25, 0.3) is 0 Å². The first-order chi connectivity index (χ1) is 10.3. The van der Waals surface area contributed by atoms with Gasteiger partial charge in [0.05, 0.1) is 5.70 Å². The third-order valence-electron chi connectivity index (χ3n) is 3.99. The van der Waals surface area contributed by atoms with Crippen LogP contribution in [-0.4, -0.2) is 18.2 Å². The first kappa shape index (κ1) is 12.1. The Kier molecular flexibility index (Phi) is 2.71. The molecule has 0 spiro atoms. The van der Waals surface area contributed by atoms with Crippen LogP contribution in [0.1, 0.15) is 27.9 Å². The lowest BCUT2D eigenvalue weighted by molar-refractivity contribution is 0.103. The predicted octanol–water partition coefficient (Wildman–Crippen LogP) is 3.03. The topological polar surface area (TPSA) is 41.5 Å². The van der Waals surface area contributed by atoms with E-state index in [1.54, 1.807) is 0 Å². The molecule has 2 aliphatic rings. The zero-order chi connectivity index (χ0) is 14.2. The molecule has 0 aromatic heterocycles. The molecule has 0 saturated heterocycles. The Labute approximate surface area is 123 Å². The molecule has 0 bridgehead atoms. The number of fused-ring (bicyclic) bond motifs is 2. The number of carbonyl (C=O) groups is 1. The van der Waals surface area contributed by atoms with E-state index in [9.17, 15) is 4.79 Å². The maximum Gasteiger partial charge on any atom is 0.192 e. The standard InChI is InChI=1S/C18H14N2O/c21-18-14-9-5-4-8-13(14)17-15(18)10-16(19-11-20-17)12-6-2-1-3-7-12/h1-9,20H,10-11H2. The van der Waals surface area contributed by atoms with Gasteiger partial charge in [-0.25, -0.2) is 0 Å². The van der Waals surface area contributed by atoms with Crippen molar-refractivity contribution in [1.29, 1.82) is 0 Å². The molecule has 0 atom stereocenters. The predicted molar refractivity (Wildman–Crippen MR) is 83.3 cm³/mol. The number of nitrogens with one attached hydrogen (secondary N) is 1. The molecular weight excluding hydrogens is 260 g/mol. The van der Waals surface area contributed by atoms with Gasteiger partial charge >= 0.3 is 0 Å². The average molecular weight is 274 g/mol. The molecule has 2 aromatic rings. The summed E-state index contributed by atoms with van der Waals surface area (Å²) < 4.78 is 0. The first-order valence-corrected chi connectivity index (χ1v) is 7.04. The minimum atomic E-state index is 0.124. The number of benzene rings is 2. The van der Waals surface area contributed by atoms with Crippen molar-refractivity contribution in [3.8, 4) is 0 Å². The molecule has 0 fully saturated rings. The number of hydrogen-bond donors (Lipinski definition) is 1. The maximum atomic E-state index is 12.6. The minimum absolute atomic E-state index is 0.124. The molecule has 102 valence electrons. The normalized spacial score (nSPS) is 16.8. The Morgan fingerprint density at radius 2 is 1.62 bits per heavy atom. The van der Waals surface area contributed by atoms with E-state index in [1.165, 1.54) is 0 Å². The molecule has 1 N–H and O–H groups in total. The highest BCUT2D eigenvalue weighted by Gasteiger charge is 2.31. The van der Waals surface area contributed by atoms with E-state index in [1.807, 2.05) is 54.6 Å². The van der Waals surface area contributed by atoms with Gasteiger partial charge in [0.15, 0.2) is 5.78 Å². The van der Waals surface area contributed by atoms with Crippen LogP contribution in [0.15, 0.2) is 65.2 Å². The quantitative estimate of drug-likeness (QED) is 0.868. The third-order valence-corrected chi connectivity index (χ3v) is 3.99. The second-order valence-corrected chi connectivity index (χ2v) is 5.21. The second kappa shape index (κ2) is 4.70. The smallest absolute Gasteiger partial charge is 0.192 e. The largest absolute Gasteiger partial charge is 0.365 e. The zero-order valence-corrected chi connectivity index (χ0v) is 11.5. The molecule has 0 saturated carbocycles. The van der Waals surface area contributed by atoms with Crippen molar-refractivity contribution in [3.05, 3.63) is 76.9 Å². The van der Waals surface area contributed by atoms with Crippen molar-refractivity contribution >= 4 is 17.2 Å². The van der Waals surface area contributed by atoms with Crippen LogP contribution in [0.25, 0.3) is 5.70 Å². The van der Waals surface area contributed by atoms with E-state index >= 15 is 0 Å². The molecule has 4 rings (SSSR count). The number of allylic oxidation sites excluding steroid dienone is 1. The monoisotopic (exact) mass is 274 g/mol. The van der Waals surface area contributed by atoms with Gasteiger partial charge in [0.1, 0.15) is 6.67 Å². The number of Topliss-reactive ketones (excluding diaryl/α,β-unsaturated/α-hetero) is 1. The Morgan fingerprint density at radius 1 is 0.905 bits per heavy atom. The van der Waals surface area contributed by atoms with Crippen LogP contribution >= 0.6 is 0 Å². The van der Waals surface area contributed by atoms with Gasteiger partial charge in [-0.2, -0.15) is 0 Å². The lowest BCUT2D eigenvalue weighted by Crippen LogP contribution is -2.11. The van der Waals surface area contributed by atoms with Gasteiger partial charge in [-0.3, -0.25) is 9.79 Å². The molecule has 3 nitrogen and oxygen atoms in total. The Morgan fingerprint density at radius 3 is 2.43 bits per heavy atom. The van der Waals surface area contributed by atoms with Crippen LogP contribution in [0.3, 0.4) is 0 Å².